The van der Waals surface area contributed by atoms with Crippen molar-refractivity contribution in [3.63, 3.8) is 0 Å². The van der Waals surface area contributed by atoms with E-state index in [0.717, 1.165) is 37.8 Å². The van der Waals surface area contributed by atoms with Gasteiger partial charge in [0.15, 0.2) is 0 Å². The van der Waals surface area contributed by atoms with Crippen molar-refractivity contribution in [3.8, 4) is 16.9 Å². The third kappa shape index (κ3) is 7.46. The summed E-state index contributed by atoms with van der Waals surface area (Å²) in [4.78, 5) is 0. The lowest BCUT2D eigenvalue weighted by Crippen LogP contribution is -2.37. The highest BCUT2D eigenvalue weighted by atomic mass is 19.4. The molecule has 2 aromatic rings. The number of alkyl halides is 5. The van der Waals surface area contributed by atoms with Crippen molar-refractivity contribution in [1.82, 2.24) is 0 Å². The van der Waals surface area contributed by atoms with Gasteiger partial charge >= 0.3 is 12.3 Å². The molecule has 0 atom stereocenters. The maximum atomic E-state index is 14.8. The molecule has 36 heavy (non-hydrogen) atoms. The first kappa shape index (κ1) is 28.0. The summed E-state index contributed by atoms with van der Waals surface area (Å²) in [6.45, 7) is 2.11. The molecule has 2 aromatic carbocycles. The van der Waals surface area contributed by atoms with Gasteiger partial charge < -0.3 is 4.74 Å². The third-order valence-corrected chi connectivity index (χ3v) is 6.56. The molecule has 0 bridgehead atoms. The Bertz CT molecular complexity index is 1030. The fourth-order valence-corrected chi connectivity index (χ4v) is 4.58. The maximum absolute atomic E-state index is 14.8. The molecule has 0 unspecified atom stereocenters. The number of unbranched alkanes of at least 4 members (excludes halogenated alkanes) is 2. The Labute approximate surface area is 205 Å². The van der Waals surface area contributed by atoms with Gasteiger partial charge in [0.2, 0.25) is 0 Å². The molecule has 0 heterocycles. The molecule has 9 heteroatoms. The highest BCUT2D eigenvalue weighted by Gasteiger charge is 2.44. The topological polar surface area (TPSA) is 9.23 Å². The van der Waals surface area contributed by atoms with Crippen LogP contribution in [0.4, 0.5) is 35.1 Å². The second-order valence-corrected chi connectivity index (χ2v) is 9.25. The normalized spacial score (nSPS) is 19.1. The molecule has 0 N–H and O–H groups in total. The Kier molecular flexibility index (Phi) is 9.06. The Morgan fingerprint density at radius 3 is 2.06 bits per heavy atom. The van der Waals surface area contributed by atoms with Crippen molar-refractivity contribution >= 4 is 6.08 Å². The summed E-state index contributed by atoms with van der Waals surface area (Å²) < 4.78 is 114. The van der Waals surface area contributed by atoms with E-state index in [9.17, 15) is 35.1 Å². The molecule has 0 aromatic heterocycles. The predicted molar refractivity (Wildman–Crippen MR) is 122 cm³/mol. The molecular formula is C27H28F8O. The lowest BCUT2D eigenvalue weighted by atomic mass is 9.79. The molecule has 0 amide bonds. The van der Waals surface area contributed by atoms with Crippen LogP contribution in [0.2, 0.25) is 0 Å². The number of rotatable bonds is 9. The summed E-state index contributed by atoms with van der Waals surface area (Å²) in [6, 6.07) is 4.14. The zero-order valence-electron chi connectivity index (χ0n) is 19.8. The van der Waals surface area contributed by atoms with Crippen LogP contribution in [-0.4, -0.2) is 12.3 Å². The molecule has 1 aliphatic rings. The van der Waals surface area contributed by atoms with Crippen LogP contribution in [0, 0.1) is 29.3 Å². The van der Waals surface area contributed by atoms with Crippen molar-refractivity contribution in [1.29, 1.82) is 0 Å². The van der Waals surface area contributed by atoms with Gasteiger partial charge in [-0.05, 0) is 67.5 Å². The molecular weight excluding hydrogens is 492 g/mol. The van der Waals surface area contributed by atoms with Gasteiger partial charge in [0, 0.05) is 23.3 Å². The average molecular weight is 521 g/mol. The van der Waals surface area contributed by atoms with E-state index in [4.69, 9.17) is 4.74 Å². The number of halogens is 8. The Morgan fingerprint density at radius 2 is 1.50 bits per heavy atom. The molecule has 0 aliphatic heterocycles. The molecule has 1 saturated carbocycles. The zero-order chi connectivity index (χ0) is 26.5. The van der Waals surface area contributed by atoms with Gasteiger partial charge in [0.1, 0.15) is 23.2 Å². The van der Waals surface area contributed by atoms with Crippen LogP contribution in [0.1, 0.15) is 63.9 Å². The van der Waals surface area contributed by atoms with Crippen LogP contribution < -0.4 is 4.74 Å². The lowest BCUT2D eigenvalue weighted by molar-refractivity contribution is -0.223. The smallest absolute Gasteiger partial charge is 0.409 e. The van der Waals surface area contributed by atoms with E-state index in [2.05, 4.69) is 6.92 Å². The van der Waals surface area contributed by atoms with Crippen molar-refractivity contribution in [2.45, 2.75) is 70.6 Å². The largest absolute Gasteiger partial charge is 0.432 e. The number of benzene rings is 2. The van der Waals surface area contributed by atoms with Crippen molar-refractivity contribution in [2.75, 3.05) is 0 Å². The van der Waals surface area contributed by atoms with E-state index in [1.54, 1.807) is 0 Å². The van der Waals surface area contributed by atoms with E-state index < -0.39 is 47.0 Å². The summed E-state index contributed by atoms with van der Waals surface area (Å²) in [5.41, 5.74) is -1.55. The number of ether oxygens (including phenoxy) is 1. The van der Waals surface area contributed by atoms with Gasteiger partial charge in [-0.2, -0.15) is 22.0 Å². The number of hydrogen-bond acceptors (Lipinski definition) is 1. The van der Waals surface area contributed by atoms with E-state index in [0.29, 0.717) is 49.8 Å². The fourth-order valence-electron chi connectivity index (χ4n) is 4.58. The molecule has 3 rings (SSSR count). The maximum Gasteiger partial charge on any atom is 0.409 e. The summed E-state index contributed by atoms with van der Waals surface area (Å²) in [6.07, 6.45) is -2.03. The first-order chi connectivity index (χ1) is 16.9. The molecule has 0 radical (unpaired) electrons. The van der Waals surface area contributed by atoms with Crippen LogP contribution in [0.5, 0.6) is 5.75 Å². The standard InChI is InChI=1S/C27H28F8O/c1-2-3-4-5-17-6-8-19(9-7-17)27(34,35)36-20-10-11-21(25(30)16-20)18-14-23(28)22(24(29)15-18)12-13-26(31,32)33/h10-17,19H,2-9H2,1H3. The van der Waals surface area contributed by atoms with E-state index in [-0.39, 0.29) is 23.3 Å². The Hall–Kier alpha value is -2.58. The fraction of sp³-hybridized carbons (Fsp3) is 0.481. The summed E-state index contributed by atoms with van der Waals surface area (Å²) in [7, 11) is 0. The van der Waals surface area contributed by atoms with E-state index in [1.165, 1.54) is 0 Å². The van der Waals surface area contributed by atoms with Gasteiger partial charge in [-0.25, -0.2) is 13.2 Å². The lowest BCUT2D eigenvalue weighted by Gasteiger charge is -2.33. The van der Waals surface area contributed by atoms with Gasteiger partial charge in [0.25, 0.3) is 0 Å². The zero-order valence-corrected chi connectivity index (χ0v) is 19.8. The molecule has 0 saturated heterocycles. The second kappa shape index (κ2) is 11.6. The van der Waals surface area contributed by atoms with Crippen LogP contribution >= 0.6 is 0 Å². The molecule has 1 fully saturated rings. The van der Waals surface area contributed by atoms with Gasteiger partial charge in [-0.1, -0.05) is 32.6 Å². The summed E-state index contributed by atoms with van der Waals surface area (Å²) in [5.74, 6) is -4.74. The minimum Gasteiger partial charge on any atom is -0.432 e. The third-order valence-electron chi connectivity index (χ3n) is 6.56. The number of hydrogen-bond donors (Lipinski definition) is 0. The molecule has 0 spiro atoms. The summed E-state index contributed by atoms with van der Waals surface area (Å²) in [5, 5.41) is 0. The van der Waals surface area contributed by atoms with Gasteiger partial charge in [-0.15, -0.1) is 0 Å². The monoisotopic (exact) mass is 520 g/mol. The summed E-state index contributed by atoms with van der Waals surface area (Å²) >= 11 is 0. The predicted octanol–water partition coefficient (Wildman–Crippen LogP) is 9.70. The van der Waals surface area contributed by atoms with Crippen LogP contribution in [-0.2, 0) is 0 Å². The van der Waals surface area contributed by atoms with Crippen LogP contribution in [0.25, 0.3) is 17.2 Å². The van der Waals surface area contributed by atoms with Crippen molar-refractivity contribution < 1.29 is 39.9 Å². The highest BCUT2D eigenvalue weighted by Crippen LogP contribution is 2.42. The van der Waals surface area contributed by atoms with Gasteiger partial charge in [0.05, 0.1) is 5.92 Å². The first-order valence-corrected chi connectivity index (χ1v) is 12.0. The molecule has 1 aliphatic carbocycles. The SMILES string of the molecule is CCCCCC1CCC(C(F)(F)Oc2ccc(-c3cc(F)c(C=CC(F)(F)F)c(F)c3)c(F)c2)CC1. The number of allylic oxidation sites excluding steroid dienone is 1. The minimum absolute atomic E-state index is 0.239. The van der Waals surface area contributed by atoms with Crippen LogP contribution in [0.15, 0.2) is 36.4 Å². The Balaban J connectivity index is 1.69. The van der Waals surface area contributed by atoms with E-state index in [1.807, 2.05) is 0 Å². The minimum atomic E-state index is -4.77. The highest BCUT2D eigenvalue weighted by molar-refractivity contribution is 5.68. The van der Waals surface area contributed by atoms with Crippen molar-refractivity contribution in [3.05, 3.63) is 59.4 Å². The Morgan fingerprint density at radius 1 is 0.861 bits per heavy atom. The molecule has 1 nitrogen and oxygen atoms in total. The second-order valence-electron chi connectivity index (χ2n) is 9.25. The van der Waals surface area contributed by atoms with E-state index >= 15 is 0 Å². The average Bonchev–Trinajstić information content (AvgIpc) is 2.78. The first-order valence-electron chi connectivity index (χ1n) is 12.0. The quantitative estimate of drug-likeness (QED) is 0.236. The molecule has 198 valence electrons. The van der Waals surface area contributed by atoms with Crippen LogP contribution in [0.3, 0.4) is 0 Å². The van der Waals surface area contributed by atoms with Crippen molar-refractivity contribution in [2.24, 2.45) is 11.8 Å². The van der Waals surface area contributed by atoms with Gasteiger partial charge in [-0.3, -0.25) is 0 Å².